The predicted octanol–water partition coefficient (Wildman–Crippen LogP) is -1.22. The molecule has 0 rings (SSSR count). The van der Waals surface area contributed by atoms with Crippen molar-refractivity contribution in [2.24, 2.45) is 5.73 Å². The number of nitrogens with two attached hydrogens (primary N) is 1. The number of carbonyl (C=O) groups is 1. The minimum Gasteiger partial charge on any atom is -0.355 e. The standard InChI is InChI=1S/C8H19N3O3S/c1-2-10-8(12)7-11-15(13,14)6-4-3-5-9/h11H,2-7,9H2,1H3,(H,10,12). The summed E-state index contributed by atoms with van der Waals surface area (Å²) in [6.07, 6.45) is 1.18. The number of unbranched alkanes of at least 4 members (excludes halogenated alkanes) is 1. The lowest BCUT2D eigenvalue weighted by molar-refractivity contribution is -0.119. The third-order valence-electron chi connectivity index (χ3n) is 1.69. The zero-order valence-corrected chi connectivity index (χ0v) is 9.77. The molecule has 15 heavy (non-hydrogen) atoms. The van der Waals surface area contributed by atoms with E-state index in [9.17, 15) is 13.2 Å². The van der Waals surface area contributed by atoms with Crippen LogP contribution in [0.2, 0.25) is 0 Å². The molecule has 90 valence electrons. The Hall–Kier alpha value is -0.660. The second kappa shape index (κ2) is 7.61. The van der Waals surface area contributed by atoms with Crippen LogP contribution < -0.4 is 15.8 Å². The molecule has 0 aliphatic carbocycles. The van der Waals surface area contributed by atoms with Gasteiger partial charge in [-0.25, -0.2) is 13.1 Å². The maximum atomic E-state index is 11.3. The van der Waals surface area contributed by atoms with Gasteiger partial charge in [0.15, 0.2) is 0 Å². The fourth-order valence-corrected chi connectivity index (χ4v) is 2.02. The molecule has 0 saturated carbocycles. The Morgan fingerprint density at radius 3 is 2.53 bits per heavy atom. The number of carbonyl (C=O) groups excluding carboxylic acids is 1. The number of nitrogens with one attached hydrogen (secondary N) is 2. The Kier molecular flexibility index (Phi) is 7.27. The predicted molar refractivity (Wildman–Crippen MR) is 58.8 cm³/mol. The van der Waals surface area contributed by atoms with E-state index in [2.05, 4.69) is 10.0 Å². The monoisotopic (exact) mass is 237 g/mol. The highest BCUT2D eigenvalue weighted by Gasteiger charge is 2.10. The molecule has 0 saturated heterocycles. The molecule has 7 heteroatoms. The van der Waals surface area contributed by atoms with Crippen molar-refractivity contribution in [3.8, 4) is 0 Å². The van der Waals surface area contributed by atoms with Crippen LogP contribution in [0.1, 0.15) is 19.8 Å². The lowest BCUT2D eigenvalue weighted by Gasteiger charge is -2.05. The number of hydrogen-bond acceptors (Lipinski definition) is 4. The average Bonchev–Trinajstić information content (AvgIpc) is 2.16. The van der Waals surface area contributed by atoms with Gasteiger partial charge in [-0.3, -0.25) is 4.79 Å². The summed E-state index contributed by atoms with van der Waals surface area (Å²) in [6, 6.07) is 0. The molecule has 0 radical (unpaired) electrons. The van der Waals surface area contributed by atoms with Crippen LogP contribution in [0.4, 0.5) is 0 Å². The Morgan fingerprint density at radius 1 is 1.33 bits per heavy atom. The highest BCUT2D eigenvalue weighted by molar-refractivity contribution is 7.89. The molecular weight excluding hydrogens is 218 g/mol. The highest BCUT2D eigenvalue weighted by Crippen LogP contribution is 1.92. The SMILES string of the molecule is CCNC(=O)CNS(=O)(=O)CCCCN. The molecule has 1 amide bonds. The van der Waals surface area contributed by atoms with E-state index in [1.165, 1.54) is 0 Å². The van der Waals surface area contributed by atoms with Crippen LogP contribution in [-0.4, -0.2) is 39.7 Å². The van der Waals surface area contributed by atoms with E-state index in [4.69, 9.17) is 5.73 Å². The van der Waals surface area contributed by atoms with Gasteiger partial charge in [0.2, 0.25) is 15.9 Å². The van der Waals surface area contributed by atoms with Crippen LogP contribution >= 0.6 is 0 Å². The second-order valence-corrected chi connectivity index (χ2v) is 5.02. The smallest absolute Gasteiger partial charge is 0.235 e. The molecule has 0 aromatic rings. The molecule has 0 unspecified atom stereocenters. The largest absolute Gasteiger partial charge is 0.355 e. The van der Waals surface area contributed by atoms with E-state index in [0.29, 0.717) is 25.9 Å². The van der Waals surface area contributed by atoms with Crippen molar-refractivity contribution in [2.45, 2.75) is 19.8 Å². The first-order chi connectivity index (χ1) is 7.02. The number of amides is 1. The van der Waals surface area contributed by atoms with Crippen molar-refractivity contribution in [1.82, 2.24) is 10.0 Å². The van der Waals surface area contributed by atoms with Gasteiger partial charge in [-0.2, -0.15) is 0 Å². The minimum atomic E-state index is -3.33. The summed E-state index contributed by atoms with van der Waals surface area (Å²) >= 11 is 0. The fraction of sp³-hybridized carbons (Fsp3) is 0.875. The van der Waals surface area contributed by atoms with E-state index >= 15 is 0 Å². The molecule has 0 heterocycles. The Labute approximate surface area is 90.7 Å². The summed E-state index contributed by atoms with van der Waals surface area (Å²) in [6.45, 7) is 2.55. The van der Waals surface area contributed by atoms with Gasteiger partial charge in [-0.05, 0) is 26.3 Å². The number of likely N-dealkylation sites (N-methyl/N-ethyl adjacent to an activating group) is 1. The van der Waals surface area contributed by atoms with E-state index in [1.54, 1.807) is 6.92 Å². The lowest BCUT2D eigenvalue weighted by Crippen LogP contribution is -2.37. The normalized spacial score (nSPS) is 11.3. The summed E-state index contributed by atoms with van der Waals surface area (Å²) < 4.78 is 24.8. The van der Waals surface area contributed by atoms with E-state index in [-0.39, 0.29) is 18.2 Å². The summed E-state index contributed by atoms with van der Waals surface area (Å²) in [5.74, 6) is -0.302. The van der Waals surface area contributed by atoms with E-state index in [1.807, 2.05) is 0 Å². The highest BCUT2D eigenvalue weighted by atomic mass is 32.2. The van der Waals surface area contributed by atoms with Crippen molar-refractivity contribution < 1.29 is 13.2 Å². The van der Waals surface area contributed by atoms with Gasteiger partial charge in [-0.1, -0.05) is 0 Å². The van der Waals surface area contributed by atoms with Gasteiger partial charge in [-0.15, -0.1) is 0 Å². The number of hydrogen-bond donors (Lipinski definition) is 3. The molecule has 0 aliphatic heterocycles. The number of sulfonamides is 1. The molecule has 0 aliphatic rings. The van der Waals surface area contributed by atoms with Gasteiger partial charge in [0.05, 0.1) is 12.3 Å². The summed E-state index contributed by atoms with van der Waals surface area (Å²) in [5, 5.41) is 2.50. The number of rotatable bonds is 8. The molecule has 6 nitrogen and oxygen atoms in total. The fourth-order valence-electron chi connectivity index (χ4n) is 0.944. The molecule has 0 aromatic carbocycles. The third-order valence-corrected chi connectivity index (χ3v) is 3.10. The Balaban J connectivity index is 3.78. The summed E-state index contributed by atoms with van der Waals surface area (Å²) in [7, 11) is -3.33. The minimum absolute atomic E-state index is 0.0175. The van der Waals surface area contributed by atoms with Gasteiger partial charge in [0.25, 0.3) is 0 Å². The average molecular weight is 237 g/mol. The van der Waals surface area contributed by atoms with Crippen LogP contribution in [-0.2, 0) is 14.8 Å². The van der Waals surface area contributed by atoms with Crippen LogP contribution in [0.25, 0.3) is 0 Å². The molecule has 0 fully saturated rings. The molecule has 4 N–H and O–H groups in total. The van der Waals surface area contributed by atoms with Crippen LogP contribution in [0, 0.1) is 0 Å². The third kappa shape index (κ3) is 8.34. The second-order valence-electron chi connectivity index (χ2n) is 3.09. The first-order valence-electron chi connectivity index (χ1n) is 4.96. The van der Waals surface area contributed by atoms with Crippen molar-refractivity contribution in [2.75, 3.05) is 25.4 Å². The molecule has 0 atom stereocenters. The van der Waals surface area contributed by atoms with Crippen molar-refractivity contribution >= 4 is 15.9 Å². The maximum Gasteiger partial charge on any atom is 0.235 e. The van der Waals surface area contributed by atoms with Crippen molar-refractivity contribution in [3.63, 3.8) is 0 Å². The van der Waals surface area contributed by atoms with Crippen molar-refractivity contribution in [3.05, 3.63) is 0 Å². The zero-order chi connectivity index (χ0) is 11.7. The van der Waals surface area contributed by atoms with Gasteiger partial charge < -0.3 is 11.1 Å². The molecule has 0 bridgehead atoms. The Morgan fingerprint density at radius 2 is 2.00 bits per heavy atom. The molecular formula is C8H19N3O3S. The van der Waals surface area contributed by atoms with Gasteiger partial charge in [0, 0.05) is 6.54 Å². The summed E-state index contributed by atoms with van der Waals surface area (Å²) in [4.78, 5) is 11.0. The van der Waals surface area contributed by atoms with Crippen LogP contribution in [0.5, 0.6) is 0 Å². The van der Waals surface area contributed by atoms with Gasteiger partial charge in [0.1, 0.15) is 0 Å². The first kappa shape index (κ1) is 14.3. The first-order valence-corrected chi connectivity index (χ1v) is 6.61. The van der Waals surface area contributed by atoms with E-state index < -0.39 is 10.0 Å². The summed E-state index contributed by atoms with van der Waals surface area (Å²) in [5.41, 5.74) is 5.24. The van der Waals surface area contributed by atoms with E-state index in [0.717, 1.165) is 0 Å². The lowest BCUT2D eigenvalue weighted by atomic mass is 10.3. The van der Waals surface area contributed by atoms with Crippen molar-refractivity contribution in [1.29, 1.82) is 0 Å². The Bertz CT molecular complexity index is 277. The quantitative estimate of drug-likeness (QED) is 0.461. The van der Waals surface area contributed by atoms with Gasteiger partial charge >= 0.3 is 0 Å². The maximum absolute atomic E-state index is 11.3. The topological polar surface area (TPSA) is 101 Å². The van der Waals surface area contributed by atoms with Crippen LogP contribution in [0.15, 0.2) is 0 Å². The molecule has 0 aromatic heterocycles. The van der Waals surface area contributed by atoms with Crippen LogP contribution in [0.3, 0.4) is 0 Å². The zero-order valence-electron chi connectivity index (χ0n) is 8.95. The molecule has 0 spiro atoms.